The highest BCUT2D eigenvalue weighted by Gasteiger charge is 2.13. The van der Waals surface area contributed by atoms with Gasteiger partial charge in [0, 0.05) is 16.1 Å². The number of allylic oxidation sites excluding steroid dienone is 1. The number of hydrogen-bond donors (Lipinski definition) is 0. The molecule has 0 aromatic heterocycles. The van der Waals surface area contributed by atoms with Crippen molar-refractivity contribution < 1.29 is 14.3 Å². The number of carbonyl (C=O) groups is 1. The summed E-state index contributed by atoms with van der Waals surface area (Å²) in [7, 11) is 1.64. The summed E-state index contributed by atoms with van der Waals surface area (Å²) in [6, 6.07) is 23.6. The van der Waals surface area contributed by atoms with E-state index in [-0.39, 0.29) is 11.7 Å². The van der Waals surface area contributed by atoms with Gasteiger partial charge in [0.2, 0.25) is 0 Å². The number of ether oxygens (including phenoxy) is 2. The third-order valence-electron chi connectivity index (χ3n) is 6.06. The summed E-state index contributed by atoms with van der Waals surface area (Å²) in [6.45, 7) is 6.54. The van der Waals surface area contributed by atoms with Crippen LogP contribution < -0.4 is 9.47 Å². The number of fused-ring (bicyclic) bond motifs is 1. The molecule has 4 aromatic rings. The molecule has 4 aromatic carbocycles. The minimum atomic E-state index is -0.0393. The zero-order valence-corrected chi connectivity index (χ0v) is 21.2. The molecule has 0 heterocycles. The van der Waals surface area contributed by atoms with E-state index in [9.17, 15) is 4.79 Å². The predicted octanol–water partition coefficient (Wildman–Crippen LogP) is 8.41. The fourth-order valence-corrected chi connectivity index (χ4v) is 4.20. The molecule has 0 saturated carbocycles. The molecular weight excluding hydrogens is 456 g/mol. The summed E-state index contributed by atoms with van der Waals surface area (Å²) in [5, 5.41) is 2.90. The maximum atomic E-state index is 12.8. The molecule has 178 valence electrons. The average Bonchev–Trinajstić information content (AvgIpc) is 2.87. The number of benzene rings is 4. The Morgan fingerprint density at radius 2 is 1.71 bits per heavy atom. The van der Waals surface area contributed by atoms with Gasteiger partial charge in [-0.25, -0.2) is 0 Å². The first-order valence-electron chi connectivity index (χ1n) is 11.7. The summed E-state index contributed by atoms with van der Waals surface area (Å²) in [5.41, 5.74) is 4.50. The van der Waals surface area contributed by atoms with E-state index >= 15 is 0 Å². The van der Waals surface area contributed by atoms with Gasteiger partial charge in [-0.15, -0.1) is 0 Å². The lowest BCUT2D eigenvalue weighted by molar-refractivity contribution is 0.104. The Bertz CT molecular complexity index is 1400. The third-order valence-corrected chi connectivity index (χ3v) is 6.47. The van der Waals surface area contributed by atoms with Crippen LogP contribution in [0.15, 0.2) is 78.9 Å². The number of rotatable bonds is 8. The summed E-state index contributed by atoms with van der Waals surface area (Å²) in [4.78, 5) is 12.8. The van der Waals surface area contributed by atoms with Crippen LogP contribution in [0, 0.1) is 6.92 Å². The lowest BCUT2D eigenvalue weighted by Crippen LogP contribution is -2.03. The summed E-state index contributed by atoms with van der Waals surface area (Å²) in [5.74, 6) is 1.79. The Labute approximate surface area is 212 Å². The van der Waals surface area contributed by atoms with Crippen molar-refractivity contribution in [3.63, 3.8) is 0 Å². The van der Waals surface area contributed by atoms with Crippen molar-refractivity contribution >= 4 is 34.2 Å². The van der Waals surface area contributed by atoms with Crippen LogP contribution in [-0.4, -0.2) is 12.9 Å². The van der Waals surface area contributed by atoms with Crippen molar-refractivity contribution in [2.45, 2.75) is 33.3 Å². The molecule has 35 heavy (non-hydrogen) atoms. The third kappa shape index (κ3) is 5.75. The maximum absolute atomic E-state index is 12.8. The van der Waals surface area contributed by atoms with Gasteiger partial charge in [-0.3, -0.25) is 4.79 Å². The molecule has 0 aliphatic carbocycles. The number of hydrogen-bond acceptors (Lipinski definition) is 3. The normalized spacial score (nSPS) is 11.4. The summed E-state index contributed by atoms with van der Waals surface area (Å²) < 4.78 is 11.8. The van der Waals surface area contributed by atoms with Gasteiger partial charge in [-0.1, -0.05) is 74.0 Å². The van der Waals surface area contributed by atoms with Crippen LogP contribution in [0.2, 0.25) is 5.02 Å². The molecular formula is C31H29ClO3. The molecule has 0 spiro atoms. The van der Waals surface area contributed by atoms with Gasteiger partial charge in [-0.05, 0) is 76.7 Å². The van der Waals surface area contributed by atoms with Gasteiger partial charge in [0.1, 0.15) is 18.1 Å². The molecule has 0 radical (unpaired) electrons. The topological polar surface area (TPSA) is 35.5 Å². The van der Waals surface area contributed by atoms with E-state index < -0.39 is 0 Å². The molecule has 0 N–H and O–H groups in total. The van der Waals surface area contributed by atoms with Crippen LogP contribution in [0.25, 0.3) is 16.8 Å². The van der Waals surface area contributed by atoms with Crippen LogP contribution in [0.1, 0.15) is 52.4 Å². The molecule has 0 aliphatic heterocycles. The second kappa shape index (κ2) is 10.8. The fraction of sp³-hybridized carbons (Fsp3) is 0.194. The van der Waals surface area contributed by atoms with E-state index in [4.69, 9.17) is 21.1 Å². The summed E-state index contributed by atoms with van der Waals surface area (Å²) in [6.07, 6.45) is 3.43. The van der Waals surface area contributed by atoms with E-state index in [0.29, 0.717) is 12.2 Å². The minimum absolute atomic E-state index is 0.0393. The Kier molecular flexibility index (Phi) is 7.57. The van der Waals surface area contributed by atoms with Crippen LogP contribution in [-0.2, 0) is 6.61 Å². The van der Waals surface area contributed by atoms with Crippen molar-refractivity contribution in [1.82, 2.24) is 0 Å². The van der Waals surface area contributed by atoms with Crippen molar-refractivity contribution in [2.24, 2.45) is 0 Å². The number of aryl methyl sites for hydroxylation is 1. The maximum Gasteiger partial charge on any atom is 0.185 e. The molecule has 4 rings (SSSR count). The van der Waals surface area contributed by atoms with E-state index in [1.54, 1.807) is 13.2 Å². The quantitative estimate of drug-likeness (QED) is 0.186. The van der Waals surface area contributed by atoms with Crippen LogP contribution in [0.3, 0.4) is 0 Å². The van der Waals surface area contributed by atoms with Gasteiger partial charge in [0.25, 0.3) is 0 Å². The molecule has 0 bridgehead atoms. The predicted molar refractivity (Wildman–Crippen MR) is 145 cm³/mol. The molecule has 0 amide bonds. The van der Waals surface area contributed by atoms with Crippen LogP contribution in [0.5, 0.6) is 11.5 Å². The van der Waals surface area contributed by atoms with E-state index in [0.717, 1.165) is 49.5 Å². The van der Waals surface area contributed by atoms with Gasteiger partial charge in [-0.2, -0.15) is 0 Å². The molecule has 0 saturated heterocycles. The first kappa shape index (κ1) is 24.6. The molecule has 0 fully saturated rings. The first-order chi connectivity index (χ1) is 16.9. The highest BCUT2D eigenvalue weighted by Crippen LogP contribution is 2.33. The lowest BCUT2D eigenvalue weighted by Gasteiger charge is -2.17. The number of ketones is 1. The minimum Gasteiger partial charge on any atom is -0.496 e. The lowest BCUT2D eigenvalue weighted by atomic mass is 10.0. The van der Waals surface area contributed by atoms with Crippen molar-refractivity contribution in [3.05, 3.63) is 112 Å². The summed E-state index contributed by atoms with van der Waals surface area (Å²) >= 11 is 6.34. The largest absolute Gasteiger partial charge is 0.496 e. The van der Waals surface area contributed by atoms with Gasteiger partial charge in [0.05, 0.1) is 7.11 Å². The van der Waals surface area contributed by atoms with Gasteiger partial charge >= 0.3 is 0 Å². The molecule has 0 atom stereocenters. The van der Waals surface area contributed by atoms with Crippen molar-refractivity contribution in [3.8, 4) is 11.5 Å². The average molecular weight is 485 g/mol. The van der Waals surface area contributed by atoms with Gasteiger partial charge < -0.3 is 9.47 Å². The standard InChI is InChI=1S/C31H29ClO3/c1-20(2)27-18-28(32)21(3)15-31(27)35-19-26-16-22(10-14-30(26)34-4)9-13-29(33)25-12-11-23-7-5-6-8-24(23)17-25/h5-18,20H,19H2,1-4H3/b13-9+. The SMILES string of the molecule is COc1ccc(/C=C/C(=O)c2ccc3ccccc3c2)cc1COc1cc(C)c(Cl)cc1C(C)C. The zero-order valence-electron chi connectivity index (χ0n) is 20.5. The second-order valence-electron chi connectivity index (χ2n) is 8.91. The highest BCUT2D eigenvalue weighted by atomic mass is 35.5. The second-order valence-corrected chi connectivity index (χ2v) is 9.32. The van der Waals surface area contributed by atoms with E-state index in [2.05, 4.69) is 13.8 Å². The Morgan fingerprint density at radius 3 is 2.46 bits per heavy atom. The number of halogens is 1. The molecule has 0 unspecified atom stereocenters. The highest BCUT2D eigenvalue weighted by molar-refractivity contribution is 6.31. The Hall–Kier alpha value is -3.56. The van der Waals surface area contributed by atoms with Crippen molar-refractivity contribution in [2.75, 3.05) is 7.11 Å². The van der Waals surface area contributed by atoms with Crippen LogP contribution in [0.4, 0.5) is 0 Å². The Balaban J connectivity index is 1.54. The van der Waals surface area contributed by atoms with Crippen LogP contribution >= 0.6 is 11.6 Å². The molecule has 3 nitrogen and oxygen atoms in total. The van der Waals surface area contributed by atoms with Crippen molar-refractivity contribution in [1.29, 1.82) is 0 Å². The first-order valence-corrected chi connectivity index (χ1v) is 12.0. The fourth-order valence-electron chi connectivity index (χ4n) is 4.03. The smallest absolute Gasteiger partial charge is 0.185 e. The number of methoxy groups -OCH3 is 1. The van der Waals surface area contributed by atoms with E-state index in [1.165, 1.54) is 0 Å². The molecule has 0 aliphatic rings. The monoisotopic (exact) mass is 484 g/mol. The van der Waals surface area contributed by atoms with Gasteiger partial charge in [0.15, 0.2) is 5.78 Å². The van der Waals surface area contributed by atoms with E-state index in [1.807, 2.05) is 85.8 Å². The Morgan fingerprint density at radius 1 is 0.943 bits per heavy atom. The molecule has 4 heteroatoms. The zero-order chi connectivity index (χ0) is 24.9. The number of carbonyl (C=O) groups excluding carboxylic acids is 1.